The SMILES string of the molecule is CC1CC(C)N(S(=O)(=O)c2csc(CNC3CC3)c2)C1. The normalized spacial score (nSPS) is 28.1. The summed E-state index contributed by atoms with van der Waals surface area (Å²) in [5, 5.41) is 5.21. The molecule has 0 radical (unpaired) electrons. The fourth-order valence-electron chi connectivity index (χ4n) is 2.85. The Balaban J connectivity index is 1.73. The molecule has 1 N–H and O–H groups in total. The predicted molar refractivity (Wildman–Crippen MR) is 81.3 cm³/mol. The van der Waals surface area contributed by atoms with Crippen molar-refractivity contribution in [3.8, 4) is 0 Å². The Morgan fingerprint density at radius 1 is 1.40 bits per heavy atom. The summed E-state index contributed by atoms with van der Waals surface area (Å²) in [6.45, 7) is 5.55. The highest BCUT2D eigenvalue weighted by Crippen LogP contribution is 2.31. The van der Waals surface area contributed by atoms with Gasteiger partial charge in [0.25, 0.3) is 0 Å². The fourth-order valence-corrected chi connectivity index (χ4v) is 5.83. The van der Waals surface area contributed by atoms with E-state index in [9.17, 15) is 8.42 Å². The third kappa shape index (κ3) is 2.93. The van der Waals surface area contributed by atoms with Gasteiger partial charge in [0.05, 0.1) is 4.90 Å². The lowest BCUT2D eigenvalue weighted by Crippen LogP contribution is -2.33. The molecule has 1 saturated heterocycles. The number of nitrogens with one attached hydrogen (secondary N) is 1. The Morgan fingerprint density at radius 3 is 2.75 bits per heavy atom. The van der Waals surface area contributed by atoms with Gasteiger partial charge in [0.15, 0.2) is 0 Å². The van der Waals surface area contributed by atoms with Gasteiger partial charge in [-0.1, -0.05) is 6.92 Å². The molecule has 1 aliphatic heterocycles. The van der Waals surface area contributed by atoms with E-state index in [0.29, 0.717) is 23.4 Å². The molecule has 20 heavy (non-hydrogen) atoms. The lowest BCUT2D eigenvalue weighted by atomic mass is 10.1. The van der Waals surface area contributed by atoms with Crippen LogP contribution in [0.4, 0.5) is 0 Å². The summed E-state index contributed by atoms with van der Waals surface area (Å²) in [4.78, 5) is 1.58. The Kier molecular flexibility index (Phi) is 3.92. The van der Waals surface area contributed by atoms with Gasteiger partial charge in [-0.3, -0.25) is 0 Å². The minimum Gasteiger partial charge on any atom is -0.309 e. The van der Waals surface area contributed by atoms with Crippen LogP contribution < -0.4 is 5.32 Å². The maximum atomic E-state index is 12.7. The molecular weight excluding hydrogens is 292 g/mol. The van der Waals surface area contributed by atoms with Crippen molar-refractivity contribution in [3.05, 3.63) is 16.3 Å². The van der Waals surface area contributed by atoms with Crippen molar-refractivity contribution in [3.63, 3.8) is 0 Å². The van der Waals surface area contributed by atoms with Crippen LogP contribution in [0.1, 0.15) is 38.0 Å². The Morgan fingerprint density at radius 2 is 2.15 bits per heavy atom. The largest absolute Gasteiger partial charge is 0.309 e. The van der Waals surface area contributed by atoms with Gasteiger partial charge in [0.2, 0.25) is 10.0 Å². The van der Waals surface area contributed by atoms with E-state index in [4.69, 9.17) is 0 Å². The van der Waals surface area contributed by atoms with E-state index < -0.39 is 10.0 Å². The first kappa shape index (κ1) is 14.5. The highest BCUT2D eigenvalue weighted by Gasteiger charge is 2.36. The number of hydrogen-bond acceptors (Lipinski definition) is 4. The molecule has 1 aromatic rings. The van der Waals surface area contributed by atoms with Crippen LogP contribution in [0.25, 0.3) is 0 Å². The summed E-state index contributed by atoms with van der Waals surface area (Å²) in [5.74, 6) is 0.453. The van der Waals surface area contributed by atoms with Crippen LogP contribution in [0, 0.1) is 5.92 Å². The second-order valence-electron chi connectivity index (χ2n) is 6.17. The molecule has 0 bridgehead atoms. The molecule has 6 heteroatoms. The zero-order chi connectivity index (χ0) is 14.3. The highest BCUT2D eigenvalue weighted by atomic mass is 32.2. The zero-order valence-corrected chi connectivity index (χ0v) is 13.6. The van der Waals surface area contributed by atoms with E-state index >= 15 is 0 Å². The maximum Gasteiger partial charge on any atom is 0.244 e. The zero-order valence-electron chi connectivity index (χ0n) is 12.0. The van der Waals surface area contributed by atoms with Crippen LogP contribution in [-0.4, -0.2) is 31.4 Å². The molecule has 2 aliphatic rings. The predicted octanol–water partition coefficient (Wildman–Crippen LogP) is 2.42. The number of sulfonamides is 1. The molecule has 2 heterocycles. The van der Waals surface area contributed by atoms with Crippen LogP contribution in [-0.2, 0) is 16.6 Å². The quantitative estimate of drug-likeness (QED) is 0.908. The van der Waals surface area contributed by atoms with E-state index in [1.165, 1.54) is 24.2 Å². The van der Waals surface area contributed by atoms with Gasteiger partial charge in [0, 0.05) is 35.4 Å². The Labute approximate surface area is 125 Å². The topological polar surface area (TPSA) is 49.4 Å². The Hall–Kier alpha value is -0.430. The van der Waals surface area contributed by atoms with E-state index in [-0.39, 0.29) is 6.04 Å². The summed E-state index contributed by atoms with van der Waals surface area (Å²) >= 11 is 1.54. The van der Waals surface area contributed by atoms with Crippen molar-refractivity contribution in [2.45, 2.75) is 56.6 Å². The lowest BCUT2D eigenvalue weighted by molar-refractivity contribution is 0.405. The van der Waals surface area contributed by atoms with Crippen LogP contribution in [0.5, 0.6) is 0 Å². The van der Waals surface area contributed by atoms with Crippen molar-refractivity contribution < 1.29 is 8.42 Å². The lowest BCUT2D eigenvalue weighted by Gasteiger charge is -2.20. The van der Waals surface area contributed by atoms with Gasteiger partial charge in [-0.25, -0.2) is 8.42 Å². The van der Waals surface area contributed by atoms with Gasteiger partial charge < -0.3 is 5.32 Å². The smallest absolute Gasteiger partial charge is 0.244 e. The molecule has 4 nitrogen and oxygen atoms in total. The van der Waals surface area contributed by atoms with Crippen LogP contribution >= 0.6 is 11.3 Å². The first-order chi connectivity index (χ1) is 9.46. The maximum absolute atomic E-state index is 12.7. The average molecular weight is 314 g/mol. The third-order valence-electron chi connectivity index (χ3n) is 4.11. The molecule has 2 unspecified atom stereocenters. The average Bonchev–Trinajstić information content (AvgIpc) is 2.96. The summed E-state index contributed by atoms with van der Waals surface area (Å²) in [6.07, 6.45) is 3.46. The first-order valence-corrected chi connectivity index (χ1v) is 9.61. The summed E-state index contributed by atoms with van der Waals surface area (Å²) < 4.78 is 27.0. The van der Waals surface area contributed by atoms with Gasteiger partial charge in [0.1, 0.15) is 0 Å². The van der Waals surface area contributed by atoms with Crippen LogP contribution in [0.2, 0.25) is 0 Å². The molecular formula is C14H22N2O2S2. The molecule has 0 amide bonds. The molecule has 2 fully saturated rings. The minimum atomic E-state index is -3.31. The second-order valence-corrected chi connectivity index (χ2v) is 9.05. The summed E-state index contributed by atoms with van der Waals surface area (Å²) in [5.41, 5.74) is 0. The second kappa shape index (κ2) is 5.40. The monoisotopic (exact) mass is 314 g/mol. The molecule has 0 spiro atoms. The molecule has 112 valence electrons. The van der Waals surface area contributed by atoms with Crippen molar-refractivity contribution in [2.24, 2.45) is 5.92 Å². The fraction of sp³-hybridized carbons (Fsp3) is 0.714. The minimum absolute atomic E-state index is 0.114. The van der Waals surface area contributed by atoms with Gasteiger partial charge in [-0.05, 0) is 38.2 Å². The summed E-state index contributed by atoms with van der Waals surface area (Å²) in [7, 11) is -3.31. The standard InChI is InChI=1S/C14H22N2O2S2/c1-10-5-11(2)16(8-10)20(17,18)14-6-13(19-9-14)7-15-12-3-4-12/h6,9-12,15H,3-5,7-8H2,1-2H3. The van der Waals surface area contributed by atoms with E-state index in [0.717, 1.165) is 17.8 Å². The van der Waals surface area contributed by atoms with Crippen molar-refractivity contribution in [2.75, 3.05) is 6.54 Å². The van der Waals surface area contributed by atoms with Crippen molar-refractivity contribution in [1.29, 1.82) is 0 Å². The van der Waals surface area contributed by atoms with E-state index in [1.807, 2.05) is 13.0 Å². The van der Waals surface area contributed by atoms with E-state index in [2.05, 4.69) is 12.2 Å². The third-order valence-corrected chi connectivity index (χ3v) is 7.15. The Bertz CT molecular complexity index is 578. The van der Waals surface area contributed by atoms with E-state index in [1.54, 1.807) is 9.69 Å². The van der Waals surface area contributed by atoms with Crippen molar-refractivity contribution >= 4 is 21.4 Å². The molecule has 1 aliphatic carbocycles. The van der Waals surface area contributed by atoms with Gasteiger partial charge >= 0.3 is 0 Å². The van der Waals surface area contributed by atoms with Crippen molar-refractivity contribution in [1.82, 2.24) is 9.62 Å². The first-order valence-electron chi connectivity index (χ1n) is 7.29. The number of nitrogens with zero attached hydrogens (tertiary/aromatic N) is 1. The molecule has 1 saturated carbocycles. The molecule has 2 atom stereocenters. The number of rotatable bonds is 5. The van der Waals surface area contributed by atoms with Crippen LogP contribution in [0.15, 0.2) is 16.3 Å². The number of thiophene rings is 1. The van der Waals surface area contributed by atoms with Gasteiger partial charge in [-0.2, -0.15) is 4.31 Å². The number of hydrogen-bond donors (Lipinski definition) is 1. The van der Waals surface area contributed by atoms with Crippen LogP contribution in [0.3, 0.4) is 0 Å². The molecule has 0 aromatic carbocycles. The van der Waals surface area contributed by atoms with Gasteiger partial charge in [-0.15, -0.1) is 11.3 Å². The highest BCUT2D eigenvalue weighted by molar-refractivity contribution is 7.89. The molecule has 1 aromatic heterocycles. The molecule has 3 rings (SSSR count). The summed E-state index contributed by atoms with van der Waals surface area (Å²) in [6, 6.07) is 2.60.